The molecule has 128 valence electrons. The van der Waals surface area contributed by atoms with E-state index >= 15 is 0 Å². The van der Waals surface area contributed by atoms with Crippen LogP contribution < -0.4 is 5.32 Å². The fraction of sp³-hybridized carbons (Fsp3) is 0.421. The molecule has 1 fully saturated rings. The summed E-state index contributed by atoms with van der Waals surface area (Å²) >= 11 is 0. The molecule has 1 amide bonds. The van der Waals surface area contributed by atoms with Gasteiger partial charge in [-0.2, -0.15) is 0 Å². The average molecular weight is 345 g/mol. The van der Waals surface area contributed by atoms with Gasteiger partial charge in [0.15, 0.2) is 9.84 Å². The minimum absolute atomic E-state index is 0.117. The van der Waals surface area contributed by atoms with Crippen molar-refractivity contribution >= 4 is 26.5 Å². The summed E-state index contributed by atoms with van der Waals surface area (Å²) in [4.78, 5) is 12.3. The van der Waals surface area contributed by atoms with Gasteiger partial charge < -0.3 is 5.32 Å². The van der Waals surface area contributed by atoms with E-state index < -0.39 is 15.1 Å². The zero-order valence-electron chi connectivity index (χ0n) is 13.9. The Hall–Kier alpha value is -1.88. The second-order valence-corrected chi connectivity index (χ2v) is 8.90. The summed E-state index contributed by atoms with van der Waals surface area (Å²) in [5, 5.41) is 3.79. The highest BCUT2D eigenvalue weighted by Gasteiger charge is 2.30. The van der Waals surface area contributed by atoms with Crippen molar-refractivity contribution in [3.8, 4) is 0 Å². The van der Waals surface area contributed by atoms with Crippen LogP contribution in [0.3, 0.4) is 0 Å². The number of hydrogen-bond acceptors (Lipinski definition) is 3. The van der Waals surface area contributed by atoms with E-state index in [2.05, 4.69) is 5.32 Å². The number of hydrogen-bond donors (Lipinski definition) is 1. The first kappa shape index (κ1) is 17.0. The third kappa shape index (κ3) is 3.61. The number of carbonyl (C=O) groups excluding carboxylic acids is 1. The fourth-order valence-electron chi connectivity index (χ4n) is 3.31. The maximum absolute atomic E-state index is 12.7. The summed E-state index contributed by atoms with van der Waals surface area (Å²) < 4.78 is 25.4. The van der Waals surface area contributed by atoms with Crippen molar-refractivity contribution in [2.24, 2.45) is 0 Å². The van der Waals surface area contributed by atoms with Crippen LogP contribution in [0.5, 0.6) is 0 Å². The van der Waals surface area contributed by atoms with Crippen LogP contribution in [0.4, 0.5) is 0 Å². The molecule has 0 aromatic heterocycles. The third-order valence-electron chi connectivity index (χ3n) is 4.85. The summed E-state index contributed by atoms with van der Waals surface area (Å²) in [5.74, 6) is -0.490. The molecule has 5 heteroatoms. The van der Waals surface area contributed by atoms with Crippen molar-refractivity contribution in [3.63, 3.8) is 0 Å². The Morgan fingerprint density at radius 3 is 2.54 bits per heavy atom. The predicted molar refractivity (Wildman–Crippen MR) is 96.4 cm³/mol. The number of benzene rings is 2. The normalized spacial score (nSPS) is 17.0. The van der Waals surface area contributed by atoms with Crippen molar-refractivity contribution in [2.45, 2.75) is 49.7 Å². The van der Waals surface area contributed by atoms with Crippen LogP contribution in [0.15, 0.2) is 42.5 Å². The minimum atomic E-state index is -3.56. The summed E-state index contributed by atoms with van der Waals surface area (Å²) in [6.07, 6.45) is 4.09. The van der Waals surface area contributed by atoms with Crippen LogP contribution in [-0.2, 0) is 20.4 Å². The molecule has 0 radical (unpaired) electrons. The van der Waals surface area contributed by atoms with Gasteiger partial charge in [-0.25, -0.2) is 8.42 Å². The van der Waals surface area contributed by atoms with Crippen molar-refractivity contribution in [2.75, 3.05) is 0 Å². The molecule has 1 N–H and O–H groups in total. The lowest BCUT2D eigenvalue weighted by Gasteiger charge is -2.17. The molecule has 4 nitrogen and oxygen atoms in total. The molecule has 1 aliphatic carbocycles. The van der Waals surface area contributed by atoms with E-state index in [4.69, 9.17) is 0 Å². The molecular weight excluding hydrogens is 322 g/mol. The van der Waals surface area contributed by atoms with Crippen LogP contribution >= 0.6 is 0 Å². The van der Waals surface area contributed by atoms with Crippen molar-refractivity contribution in [1.82, 2.24) is 5.32 Å². The first-order valence-electron chi connectivity index (χ1n) is 8.46. The van der Waals surface area contributed by atoms with Crippen LogP contribution in [0.2, 0.25) is 0 Å². The second kappa shape index (κ2) is 6.93. The Labute approximate surface area is 143 Å². The highest BCUT2D eigenvalue weighted by molar-refractivity contribution is 7.92. The van der Waals surface area contributed by atoms with E-state index in [1.807, 2.05) is 42.5 Å². The predicted octanol–water partition coefficient (Wildman–Crippen LogP) is 3.20. The van der Waals surface area contributed by atoms with E-state index in [1.165, 1.54) is 6.92 Å². The van der Waals surface area contributed by atoms with Gasteiger partial charge in [-0.3, -0.25) is 4.79 Å². The lowest BCUT2D eigenvalue weighted by Crippen LogP contribution is -2.42. The number of amides is 1. The Morgan fingerprint density at radius 2 is 1.79 bits per heavy atom. The van der Waals surface area contributed by atoms with E-state index in [0.29, 0.717) is 0 Å². The zero-order valence-corrected chi connectivity index (χ0v) is 14.7. The molecule has 2 aromatic carbocycles. The highest BCUT2D eigenvalue weighted by atomic mass is 32.2. The van der Waals surface area contributed by atoms with Gasteiger partial charge in [-0.1, -0.05) is 55.3 Å². The van der Waals surface area contributed by atoms with Crippen LogP contribution in [-0.4, -0.2) is 25.6 Å². The molecule has 0 aliphatic heterocycles. The van der Waals surface area contributed by atoms with Crippen LogP contribution in [0, 0.1) is 0 Å². The lowest BCUT2D eigenvalue weighted by atomic mass is 10.1. The molecule has 3 rings (SSSR count). The van der Waals surface area contributed by atoms with Gasteiger partial charge in [-0.05, 0) is 36.1 Å². The van der Waals surface area contributed by atoms with Gasteiger partial charge >= 0.3 is 0 Å². The Kier molecular flexibility index (Phi) is 4.90. The highest BCUT2D eigenvalue weighted by Crippen LogP contribution is 2.23. The summed E-state index contributed by atoms with van der Waals surface area (Å²) in [6, 6.07) is 13.5. The van der Waals surface area contributed by atoms with Gasteiger partial charge in [0.1, 0.15) is 5.25 Å². The smallest absolute Gasteiger partial charge is 0.238 e. The molecule has 0 bridgehead atoms. The van der Waals surface area contributed by atoms with Crippen molar-refractivity contribution in [3.05, 3.63) is 48.0 Å². The number of sulfone groups is 1. The van der Waals surface area contributed by atoms with Crippen molar-refractivity contribution in [1.29, 1.82) is 0 Å². The molecule has 2 aromatic rings. The van der Waals surface area contributed by atoms with Crippen LogP contribution in [0.1, 0.15) is 38.2 Å². The monoisotopic (exact) mass is 345 g/mol. The number of fused-ring (bicyclic) bond motifs is 1. The van der Waals surface area contributed by atoms with E-state index in [0.717, 1.165) is 42.0 Å². The molecule has 1 atom stereocenters. The van der Waals surface area contributed by atoms with E-state index in [-0.39, 0.29) is 17.7 Å². The Morgan fingerprint density at radius 1 is 1.12 bits per heavy atom. The van der Waals surface area contributed by atoms with Gasteiger partial charge in [0.25, 0.3) is 0 Å². The molecule has 0 spiro atoms. The topological polar surface area (TPSA) is 63.2 Å². The SMILES string of the molecule is CC(C(=O)NC1CCCC1)S(=O)(=O)Cc1cccc2ccccc12. The maximum Gasteiger partial charge on any atom is 0.238 e. The van der Waals surface area contributed by atoms with E-state index in [1.54, 1.807) is 0 Å². The molecule has 1 saturated carbocycles. The fourth-order valence-corrected chi connectivity index (χ4v) is 4.64. The first-order valence-corrected chi connectivity index (χ1v) is 10.2. The molecule has 1 aliphatic rings. The summed E-state index contributed by atoms with van der Waals surface area (Å²) in [7, 11) is -3.56. The number of nitrogens with one attached hydrogen (secondary N) is 1. The Bertz CT molecular complexity index is 833. The largest absolute Gasteiger partial charge is 0.352 e. The molecule has 24 heavy (non-hydrogen) atoms. The quantitative estimate of drug-likeness (QED) is 0.905. The Balaban J connectivity index is 1.78. The third-order valence-corrected chi connectivity index (χ3v) is 6.85. The molecule has 1 unspecified atom stereocenters. The van der Waals surface area contributed by atoms with Gasteiger partial charge in [-0.15, -0.1) is 0 Å². The van der Waals surface area contributed by atoms with Crippen LogP contribution in [0.25, 0.3) is 10.8 Å². The van der Waals surface area contributed by atoms with Gasteiger partial charge in [0.05, 0.1) is 5.75 Å². The standard InChI is InChI=1S/C19H23NO3S/c1-14(19(21)20-17-10-3-4-11-17)24(22,23)13-16-9-6-8-15-7-2-5-12-18(15)16/h2,5-9,12,14,17H,3-4,10-11,13H2,1H3,(H,20,21). The first-order chi connectivity index (χ1) is 11.5. The van der Waals surface area contributed by atoms with Gasteiger partial charge in [0, 0.05) is 6.04 Å². The number of rotatable bonds is 5. The van der Waals surface area contributed by atoms with Gasteiger partial charge in [0.2, 0.25) is 5.91 Å². The maximum atomic E-state index is 12.7. The zero-order chi connectivity index (χ0) is 17.2. The average Bonchev–Trinajstić information content (AvgIpc) is 3.07. The van der Waals surface area contributed by atoms with E-state index in [9.17, 15) is 13.2 Å². The second-order valence-electron chi connectivity index (χ2n) is 6.58. The molecule has 0 heterocycles. The molecular formula is C19H23NO3S. The molecule has 0 saturated heterocycles. The summed E-state index contributed by atoms with van der Waals surface area (Å²) in [6.45, 7) is 1.49. The minimum Gasteiger partial charge on any atom is -0.352 e. The van der Waals surface area contributed by atoms with Crippen molar-refractivity contribution < 1.29 is 13.2 Å². The number of carbonyl (C=O) groups is 1. The summed E-state index contributed by atoms with van der Waals surface area (Å²) in [5.41, 5.74) is 0.744. The lowest BCUT2D eigenvalue weighted by molar-refractivity contribution is -0.121.